The molecule has 1 fully saturated rings. The van der Waals surface area contributed by atoms with Crippen LogP contribution in [-0.2, 0) is 21.9 Å². The van der Waals surface area contributed by atoms with E-state index in [4.69, 9.17) is 9.47 Å². The summed E-state index contributed by atoms with van der Waals surface area (Å²) in [5.41, 5.74) is 5.43. The van der Waals surface area contributed by atoms with Crippen molar-refractivity contribution >= 4 is 45.7 Å². The summed E-state index contributed by atoms with van der Waals surface area (Å²) in [7, 11) is 0. The van der Waals surface area contributed by atoms with E-state index in [2.05, 4.69) is 47.1 Å². The zero-order valence-electron chi connectivity index (χ0n) is 26.5. The zero-order chi connectivity index (χ0) is 33.6. The highest BCUT2D eigenvalue weighted by molar-refractivity contribution is 8.00. The van der Waals surface area contributed by atoms with Crippen LogP contribution >= 0.6 is 23.1 Å². The summed E-state index contributed by atoms with van der Waals surface area (Å²) in [6, 6.07) is 29.2. The number of ketones is 1. The molecule has 1 atom stereocenters. The SMILES string of the molecule is C=CCOc1ccc(C2/C(=C(\O)c3ccc(OCc4cccc(C)c4)cc3)C(=O)C(=O)N2c2nnc(SCc3ccc(C)cc3)s2)cc1. The van der Waals surface area contributed by atoms with E-state index >= 15 is 0 Å². The molecule has 1 amide bonds. The van der Waals surface area contributed by atoms with Crippen molar-refractivity contribution in [3.8, 4) is 11.5 Å². The van der Waals surface area contributed by atoms with E-state index in [0.29, 0.717) is 45.9 Å². The van der Waals surface area contributed by atoms with Crippen LogP contribution in [0, 0.1) is 13.8 Å². The highest BCUT2D eigenvalue weighted by atomic mass is 32.2. The summed E-state index contributed by atoms with van der Waals surface area (Å²) in [6.07, 6.45) is 1.64. The van der Waals surface area contributed by atoms with Gasteiger partial charge < -0.3 is 14.6 Å². The fourth-order valence-electron chi connectivity index (χ4n) is 5.27. The lowest BCUT2D eigenvalue weighted by Crippen LogP contribution is -2.29. The summed E-state index contributed by atoms with van der Waals surface area (Å²) >= 11 is 2.72. The van der Waals surface area contributed by atoms with Gasteiger partial charge in [-0.3, -0.25) is 14.5 Å². The number of thioether (sulfide) groups is 1. The maximum Gasteiger partial charge on any atom is 0.301 e. The number of Topliss-reactive ketones (excluding diaryl/α,β-unsaturated/α-hetero) is 1. The number of hydrogen-bond donors (Lipinski definition) is 1. The molecule has 1 aliphatic rings. The van der Waals surface area contributed by atoms with Gasteiger partial charge in [0.25, 0.3) is 5.78 Å². The molecule has 0 aliphatic carbocycles. The van der Waals surface area contributed by atoms with Gasteiger partial charge in [-0.2, -0.15) is 0 Å². The minimum absolute atomic E-state index is 0.0442. The first kappa shape index (κ1) is 32.7. The van der Waals surface area contributed by atoms with E-state index < -0.39 is 17.7 Å². The van der Waals surface area contributed by atoms with Crippen LogP contribution in [0.4, 0.5) is 5.13 Å². The first-order chi connectivity index (χ1) is 23.3. The van der Waals surface area contributed by atoms with Gasteiger partial charge in [0.05, 0.1) is 11.6 Å². The Balaban J connectivity index is 1.30. The van der Waals surface area contributed by atoms with Gasteiger partial charge in [-0.1, -0.05) is 108 Å². The van der Waals surface area contributed by atoms with E-state index in [0.717, 1.165) is 16.7 Å². The van der Waals surface area contributed by atoms with Gasteiger partial charge in [0.1, 0.15) is 30.5 Å². The van der Waals surface area contributed by atoms with Crippen LogP contribution in [0.3, 0.4) is 0 Å². The third kappa shape index (κ3) is 7.35. The molecule has 1 saturated heterocycles. The van der Waals surface area contributed by atoms with Crippen LogP contribution in [0.1, 0.15) is 39.4 Å². The fraction of sp³-hybridized carbons (Fsp3) is 0.158. The molecule has 1 N–H and O–H groups in total. The van der Waals surface area contributed by atoms with Crippen molar-refractivity contribution in [3.05, 3.63) is 149 Å². The van der Waals surface area contributed by atoms with Gasteiger partial charge in [0.15, 0.2) is 4.34 Å². The molecule has 0 bridgehead atoms. The largest absolute Gasteiger partial charge is 0.507 e. The van der Waals surface area contributed by atoms with Crippen LogP contribution in [0.2, 0.25) is 0 Å². The minimum atomic E-state index is -0.946. The Hall–Kier alpha value is -5.19. The average Bonchev–Trinajstić information content (AvgIpc) is 3.67. The van der Waals surface area contributed by atoms with Crippen molar-refractivity contribution in [3.63, 3.8) is 0 Å². The smallest absolute Gasteiger partial charge is 0.301 e. The van der Waals surface area contributed by atoms with E-state index in [9.17, 15) is 14.7 Å². The summed E-state index contributed by atoms with van der Waals surface area (Å²) in [5, 5.41) is 20.5. The second kappa shape index (κ2) is 14.7. The Morgan fingerprint density at radius 1 is 0.896 bits per heavy atom. The Labute approximate surface area is 287 Å². The molecule has 1 unspecified atom stereocenters. The third-order valence-corrected chi connectivity index (χ3v) is 9.84. The number of ether oxygens (including phenoxy) is 2. The molecule has 48 heavy (non-hydrogen) atoms. The van der Waals surface area contributed by atoms with Gasteiger partial charge >= 0.3 is 5.91 Å². The normalized spacial score (nSPS) is 15.5. The van der Waals surface area contributed by atoms with Crippen LogP contribution in [-0.4, -0.2) is 33.6 Å². The first-order valence-corrected chi connectivity index (χ1v) is 17.1. The van der Waals surface area contributed by atoms with E-state index in [1.54, 1.807) is 54.6 Å². The molecule has 5 aromatic rings. The third-order valence-electron chi connectivity index (χ3n) is 7.71. The standard InChI is InChI=1S/C38H33N3O5S2/c1-4-20-45-30-16-12-28(13-17-30)33-32(34(42)29-14-18-31(19-15-29)46-22-27-7-5-6-25(3)21-27)35(43)36(44)41(33)37-39-40-38(48-37)47-23-26-10-8-24(2)9-11-26/h4-19,21,33,42H,1,20,22-23H2,2-3H3/b34-32+. The second-order valence-corrected chi connectivity index (χ2v) is 13.4. The number of anilines is 1. The number of carbonyl (C=O) groups excluding carboxylic acids is 2. The highest BCUT2D eigenvalue weighted by Gasteiger charge is 2.48. The number of aromatic nitrogens is 2. The predicted molar refractivity (Wildman–Crippen MR) is 190 cm³/mol. The van der Waals surface area contributed by atoms with Crippen molar-refractivity contribution in [2.45, 2.75) is 36.6 Å². The summed E-state index contributed by atoms with van der Waals surface area (Å²) in [5.74, 6) is -0.0244. The van der Waals surface area contributed by atoms with Gasteiger partial charge in [0.2, 0.25) is 5.13 Å². The number of hydrogen-bond acceptors (Lipinski definition) is 9. The van der Waals surface area contributed by atoms with Gasteiger partial charge in [-0.05, 0) is 66.9 Å². The van der Waals surface area contributed by atoms with E-state index in [1.807, 2.05) is 32.0 Å². The maximum atomic E-state index is 13.7. The molecular weight excluding hydrogens is 643 g/mol. The van der Waals surface area contributed by atoms with Crippen molar-refractivity contribution in [2.75, 3.05) is 11.5 Å². The van der Waals surface area contributed by atoms with Crippen molar-refractivity contribution < 1.29 is 24.2 Å². The highest BCUT2D eigenvalue weighted by Crippen LogP contribution is 2.44. The molecule has 10 heteroatoms. The van der Waals surface area contributed by atoms with Gasteiger partial charge in [0, 0.05) is 11.3 Å². The van der Waals surface area contributed by atoms with E-state index in [-0.39, 0.29) is 16.5 Å². The maximum absolute atomic E-state index is 13.7. The Morgan fingerprint density at radius 2 is 1.60 bits per heavy atom. The fourth-order valence-corrected chi connectivity index (χ4v) is 7.09. The minimum Gasteiger partial charge on any atom is -0.507 e. The number of amides is 1. The molecular formula is C38H33N3O5S2. The molecule has 1 aromatic heterocycles. The zero-order valence-corrected chi connectivity index (χ0v) is 28.1. The topological polar surface area (TPSA) is 102 Å². The number of carbonyl (C=O) groups is 2. The average molecular weight is 676 g/mol. The number of nitrogens with zero attached hydrogens (tertiary/aromatic N) is 3. The first-order valence-electron chi connectivity index (χ1n) is 15.3. The van der Waals surface area contributed by atoms with Gasteiger partial charge in [-0.25, -0.2) is 0 Å². The predicted octanol–water partition coefficient (Wildman–Crippen LogP) is 8.22. The molecule has 0 spiro atoms. The quantitative estimate of drug-likeness (QED) is 0.0353. The second-order valence-electron chi connectivity index (χ2n) is 11.3. The van der Waals surface area contributed by atoms with Crippen molar-refractivity contribution in [1.82, 2.24) is 10.2 Å². The van der Waals surface area contributed by atoms with Crippen LogP contribution in [0.5, 0.6) is 11.5 Å². The number of aliphatic hydroxyl groups excluding tert-OH is 1. The molecule has 0 saturated carbocycles. The molecule has 8 nitrogen and oxygen atoms in total. The Morgan fingerprint density at radius 3 is 2.31 bits per heavy atom. The summed E-state index contributed by atoms with van der Waals surface area (Å²) in [6.45, 7) is 8.46. The van der Waals surface area contributed by atoms with Crippen LogP contribution in [0.25, 0.3) is 5.76 Å². The Kier molecular flexibility index (Phi) is 10.0. The van der Waals surface area contributed by atoms with Crippen molar-refractivity contribution in [2.24, 2.45) is 0 Å². The van der Waals surface area contributed by atoms with Crippen LogP contribution in [0.15, 0.2) is 120 Å². The lowest BCUT2D eigenvalue weighted by Gasteiger charge is -2.22. The number of aryl methyl sites for hydroxylation is 2. The lowest BCUT2D eigenvalue weighted by molar-refractivity contribution is -0.132. The van der Waals surface area contributed by atoms with Crippen LogP contribution < -0.4 is 14.4 Å². The molecule has 0 radical (unpaired) electrons. The van der Waals surface area contributed by atoms with E-state index in [1.165, 1.54) is 33.6 Å². The summed E-state index contributed by atoms with van der Waals surface area (Å²) in [4.78, 5) is 28.7. The Bertz CT molecular complexity index is 1970. The number of rotatable bonds is 12. The molecule has 4 aromatic carbocycles. The number of benzene rings is 4. The monoisotopic (exact) mass is 675 g/mol. The molecule has 1 aliphatic heterocycles. The molecule has 2 heterocycles. The van der Waals surface area contributed by atoms with Crippen molar-refractivity contribution in [1.29, 1.82) is 0 Å². The molecule has 242 valence electrons. The number of aliphatic hydroxyl groups is 1. The summed E-state index contributed by atoms with van der Waals surface area (Å²) < 4.78 is 12.2. The molecule has 6 rings (SSSR count). The lowest BCUT2D eigenvalue weighted by atomic mass is 9.95. The van der Waals surface area contributed by atoms with Gasteiger partial charge in [-0.15, -0.1) is 10.2 Å².